The fraction of sp³-hybridized carbons (Fsp3) is 0.182. The molecule has 0 aliphatic carbocycles. The third-order valence-corrected chi connectivity index (χ3v) is 3.92. The van der Waals surface area contributed by atoms with E-state index >= 15 is 0 Å². The fourth-order valence-corrected chi connectivity index (χ4v) is 2.49. The third kappa shape index (κ3) is 4.85. The quantitative estimate of drug-likeness (QED) is 0.668. The molecule has 0 aliphatic rings. The molecule has 0 heterocycles. The van der Waals surface area contributed by atoms with Crippen molar-refractivity contribution in [2.75, 3.05) is 0 Å². The van der Waals surface area contributed by atoms with Crippen LogP contribution in [0.4, 0.5) is 0 Å². The highest BCUT2D eigenvalue weighted by molar-refractivity contribution is 5.44. The zero-order valence-electron chi connectivity index (χ0n) is 14.3. The molecule has 3 aromatic carbocycles. The lowest BCUT2D eigenvalue weighted by Crippen LogP contribution is -2.02. The Morgan fingerprint density at radius 3 is 1.76 bits per heavy atom. The molecular weight excluding hydrogens is 312 g/mol. The van der Waals surface area contributed by atoms with E-state index in [1.807, 2.05) is 78.9 Å². The van der Waals surface area contributed by atoms with Gasteiger partial charge in [0, 0.05) is 0 Å². The van der Waals surface area contributed by atoms with E-state index in [9.17, 15) is 5.11 Å². The SMILES string of the molecule is C[C@@H](O)c1ccc(OCc2ccccc2)c(OCc2ccccc2)c1. The lowest BCUT2D eigenvalue weighted by Gasteiger charge is -2.15. The number of hydrogen-bond donors (Lipinski definition) is 1. The van der Waals surface area contributed by atoms with Gasteiger partial charge in [0.2, 0.25) is 0 Å². The van der Waals surface area contributed by atoms with E-state index in [4.69, 9.17) is 9.47 Å². The van der Waals surface area contributed by atoms with Crippen molar-refractivity contribution in [2.45, 2.75) is 26.2 Å². The molecule has 3 nitrogen and oxygen atoms in total. The van der Waals surface area contributed by atoms with Crippen LogP contribution in [0.15, 0.2) is 78.9 Å². The number of benzene rings is 3. The van der Waals surface area contributed by atoms with Crippen molar-refractivity contribution in [3.63, 3.8) is 0 Å². The van der Waals surface area contributed by atoms with Gasteiger partial charge in [-0.15, -0.1) is 0 Å². The number of rotatable bonds is 7. The molecule has 3 rings (SSSR count). The van der Waals surface area contributed by atoms with Crippen LogP contribution in [0, 0.1) is 0 Å². The van der Waals surface area contributed by atoms with Crippen molar-refractivity contribution in [1.82, 2.24) is 0 Å². The van der Waals surface area contributed by atoms with Crippen molar-refractivity contribution >= 4 is 0 Å². The van der Waals surface area contributed by atoms with E-state index in [1.54, 1.807) is 6.92 Å². The highest BCUT2D eigenvalue weighted by atomic mass is 16.5. The Labute approximate surface area is 148 Å². The molecule has 3 heteroatoms. The molecule has 0 aromatic heterocycles. The smallest absolute Gasteiger partial charge is 0.162 e. The summed E-state index contributed by atoms with van der Waals surface area (Å²) in [5.41, 5.74) is 2.98. The van der Waals surface area contributed by atoms with Crippen LogP contribution in [0.5, 0.6) is 11.5 Å². The molecule has 0 amide bonds. The van der Waals surface area contributed by atoms with Gasteiger partial charge in [0.15, 0.2) is 11.5 Å². The molecule has 3 aromatic rings. The molecule has 0 fully saturated rings. The van der Waals surface area contributed by atoms with Crippen LogP contribution in [-0.2, 0) is 13.2 Å². The van der Waals surface area contributed by atoms with Gasteiger partial charge in [0.1, 0.15) is 13.2 Å². The lowest BCUT2D eigenvalue weighted by molar-refractivity contribution is 0.197. The molecule has 0 spiro atoms. The van der Waals surface area contributed by atoms with Gasteiger partial charge in [-0.3, -0.25) is 0 Å². The average Bonchev–Trinajstić information content (AvgIpc) is 2.66. The van der Waals surface area contributed by atoms with E-state index in [0.717, 1.165) is 16.7 Å². The first kappa shape index (κ1) is 17.1. The summed E-state index contributed by atoms with van der Waals surface area (Å²) in [5, 5.41) is 9.84. The minimum absolute atomic E-state index is 0.450. The predicted molar refractivity (Wildman–Crippen MR) is 98.6 cm³/mol. The molecule has 0 unspecified atom stereocenters. The zero-order valence-corrected chi connectivity index (χ0v) is 14.3. The highest BCUT2D eigenvalue weighted by Gasteiger charge is 2.10. The molecule has 0 aliphatic heterocycles. The summed E-state index contributed by atoms with van der Waals surface area (Å²) in [6, 6.07) is 25.5. The second kappa shape index (κ2) is 8.36. The van der Waals surface area contributed by atoms with Crippen molar-refractivity contribution in [3.05, 3.63) is 95.6 Å². The van der Waals surface area contributed by atoms with Crippen LogP contribution in [0.3, 0.4) is 0 Å². The molecule has 0 saturated heterocycles. The van der Waals surface area contributed by atoms with Gasteiger partial charge in [0.25, 0.3) is 0 Å². The van der Waals surface area contributed by atoms with Crippen molar-refractivity contribution in [2.24, 2.45) is 0 Å². The Hall–Kier alpha value is -2.78. The summed E-state index contributed by atoms with van der Waals surface area (Å²) < 4.78 is 11.9. The van der Waals surface area contributed by atoms with Crippen LogP contribution in [-0.4, -0.2) is 5.11 Å². The lowest BCUT2D eigenvalue weighted by atomic mass is 10.1. The van der Waals surface area contributed by atoms with Crippen LogP contribution >= 0.6 is 0 Å². The van der Waals surface area contributed by atoms with Crippen LogP contribution in [0.2, 0.25) is 0 Å². The predicted octanol–water partition coefficient (Wildman–Crippen LogP) is 4.90. The summed E-state index contributed by atoms with van der Waals surface area (Å²) in [7, 11) is 0. The Balaban J connectivity index is 1.76. The minimum atomic E-state index is -0.553. The summed E-state index contributed by atoms with van der Waals surface area (Å²) in [6.07, 6.45) is -0.553. The van der Waals surface area contributed by atoms with E-state index < -0.39 is 6.10 Å². The maximum Gasteiger partial charge on any atom is 0.162 e. The van der Waals surface area contributed by atoms with Crippen molar-refractivity contribution in [1.29, 1.82) is 0 Å². The Morgan fingerprint density at radius 1 is 0.720 bits per heavy atom. The number of aliphatic hydroxyl groups excluding tert-OH is 1. The molecule has 0 saturated carbocycles. The van der Waals surface area contributed by atoms with Crippen molar-refractivity contribution < 1.29 is 14.6 Å². The van der Waals surface area contributed by atoms with Gasteiger partial charge in [-0.1, -0.05) is 66.7 Å². The first-order chi connectivity index (χ1) is 12.2. The fourth-order valence-electron chi connectivity index (χ4n) is 2.49. The van der Waals surface area contributed by atoms with Gasteiger partial charge in [-0.25, -0.2) is 0 Å². The summed E-state index contributed by atoms with van der Waals surface area (Å²) in [4.78, 5) is 0. The largest absolute Gasteiger partial charge is 0.485 e. The summed E-state index contributed by atoms with van der Waals surface area (Å²) >= 11 is 0. The van der Waals surface area contributed by atoms with Gasteiger partial charge in [0.05, 0.1) is 6.10 Å². The van der Waals surface area contributed by atoms with Crippen molar-refractivity contribution in [3.8, 4) is 11.5 Å². The van der Waals surface area contributed by atoms with E-state index in [1.165, 1.54) is 0 Å². The standard InChI is InChI=1S/C22H22O3/c1-17(23)20-12-13-21(24-15-18-8-4-2-5-9-18)22(14-20)25-16-19-10-6-3-7-11-19/h2-14,17,23H,15-16H2,1H3/t17-/m1/s1. The van der Waals surface area contributed by atoms with E-state index in [0.29, 0.717) is 24.7 Å². The minimum Gasteiger partial charge on any atom is -0.485 e. The van der Waals surface area contributed by atoms with Crippen LogP contribution in [0.25, 0.3) is 0 Å². The highest BCUT2D eigenvalue weighted by Crippen LogP contribution is 2.32. The summed E-state index contributed by atoms with van der Waals surface area (Å²) in [6.45, 7) is 2.66. The maximum atomic E-state index is 9.84. The summed E-state index contributed by atoms with van der Waals surface area (Å²) in [5.74, 6) is 1.31. The molecule has 25 heavy (non-hydrogen) atoms. The molecule has 128 valence electrons. The second-order valence-corrected chi connectivity index (χ2v) is 5.93. The topological polar surface area (TPSA) is 38.7 Å². The van der Waals surface area contributed by atoms with Gasteiger partial charge in [-0.2, -0.15) is 0 Å². The molecule has 0 bridgehead atoms. The maximum absolute atomic E-state index is 9.84. The number of hydrogen-bond acceptors (Lipinski definition) is 3. The van der Waals surface area contributed by atoms with Gasteiger partial charge >= 0.3 is 0 Å². The van der Waals surface area contributed by atoms with Gasteiger partial charge in [-0.05, 0) is 35.7 Å². The Kier molecular flexibility index (Phi) is 5.70. The normalized spacial score (nSPS) is 11.8. The van der Waals surface area contributed by atoms with Gasteiger partial charge < -0.3 is 14.6 Å². The number of aliphatic hydroxyl groups is 1. The Bertz CT molecular complexity index is 783. The average molecular weight is 334 g/mol. The van der Waals surface area contributed by atoms with E-state index in [-0.39, 0.29) is 0 Å². The monoisotopic (exact) mass is 334 g/mol. The molecule has 1 atom stereocenters. The van der Waals surface area contributed by atoms with Crippen LogP contribution < -0.4 is 9.47 Å². The molecule has 0 radical (unpaired) electrons. The third-order valence-electron chi connectivity index (χ3n) is 3.92. The van der Waals surface area contributed by atoms with E-state index in [2.05, 4.69) is 0 Å². The number of ether oxygens (including phenoxy) is 2. The van der Waals surface area contributed by atoms with Crippen LogP contribution in [0.1, 0.15) is 29.7 Å². The second-order valence-electron chi connectivity index (χ2n) is 5.93. The first-order valence-corrected chi connectivity index (χ1v) is 8.38. The Morgan fingerprint density at radius 2 is 1.24 bits per heavy atom. The first-order valence-electron chi connectivity index (χ1n) is 8.38. The zero-order chi connectivity index (χ0) is 17.5. The molecule has 1 N–H and O–H groups in total. The molecular formula is C22H22O3.